The number of ether oxygens (including phenoxy) is 1. The van der Waals surface area contributed by atoms with Crippen LogP contribution in [0, 0.1) is 0 Å². The summed E-state index contributed by atoms with van der Waals surface area (Å²) in [6.45, 7) is 4.67. The first-order chi connectivity index (χ1) is 10.3. The second-order valence-electron chi connectivity index (χ2n) is 5.26. The van der Waals surface area contributed by atoms with Crippen LogP contribution in [0.1, 0.15) is 18.4 Å². The molecule has 0 N–H and O–H groups in total. The maximum absolute atomic E-state index is 12.5. The van der Waals surface area contributed by atoms with Gasteiger partial charge in [0.25, 0.3) is 0 Å². The Morgan fingerprint density at radius 2 is 2.29 bits per heavy atom. The van der Waals surface area contributed by atoms with Gasteiger partial charge in [-0.2, -0.15) is 0 Å². The highest BCUT2D eigenvalue weighted by atomic mass is 16.5. The number of rotatable bonds is 4. The summed E-state index contributed by atoms with van der Waals surface area (Å²) in [5, 5.41) is 0. The van der Waals surface area contributed by atoms with Gasteiger partial charge in [0.15, 0.2) is 0 Å². The summed E-state index contributed by atoms with van der Waals surface area (Å²) in [6, 6.07) is 7.71. The van der Waals surface area contributed by atoms with Gasteiger partial charge in [0.2, 0.25) is 5.91 Å². The average molecular weight is 288 g/mol. The van der Waals surface area contributed by atoms with Crippen molar-refractivity contribution in [1.82, 2.24) is 9.47 Å². The van der Waals surface area contributed by atoms with Crippen molar-refractivity contribution in [3.05, 3.63) is 48.2 Å². The maximum Gasteiger partial charge on any atom is 0.230 e. The zero-order chi connectivity index (χ0) is 14.7. The molecule has 1 atom stereocenters. The molecule has 0 radical (unpaired) electrons. The van der Waals surface area contributed by atoms with Crippen LogP contribution in [-0.2, 0) is 29.0 Å². The first kappa shape index (κ1) is 13.9. The zero-order valence-corrected chi connectivity index (χ0v) is 12.2. The molecule has 0 aliphatic carbocycles. The molecule has 1 amide bonds. The lowest BCUT2D eigenvalue weighted by Gasteiger charge is -2.23. The normalized spacial score (nSPS) is 18.3. The Hall–Kier alpha value is -2.01. The molecule has 0 saturated carbocycles. The SMILES string of the molecule is CCOC1CN(C(=O)Cc2ccco2)Cc2cccn2C1. The van der Waals surface area contributed by atoms with Crippen LogP contribution in [0.15, 0.2) is 41.1 Å². The van der Waals surface area contributed by atoms with Crippen LogP contribution in [0.2, 0.25) is 0 Å². The summed E-state index contributed by atoms with van der Waals surface area (Å²) in [6.07, 6.45) is 3.97. The van der Waals surface area contributed by atoms with E-state index in [1.165, 1.54) is 0 Å². The topological polar surface area (TPSA) is 47.6 Å². The van der Waals surface area contributed by atoms with Gasteiger partial charge in [0.05, 0.1) is 31.9 Å². The van der Waals surface area contributed by atoms with E-state index in [-0.39, 0.29) is 12.0 Å². The Morgan fingerprint density at radius 3 is 3.05 bits per heavy atom. The minimum Gasteiger partial charge on any atom is -0.469 e. The molecule has 3 heterocycles. The number of fused-ring (bicyclic) bond motifs is 1. The van der Waals surface area contributed by atoms with Gasteiger partial charge in [0.1, 0.15) is 5.76 Å². The Labute approximate surface area is 124 Å². The standard InChI is InChI=1S/C16H20N2O3/c1-2-20-15-11-17-7-3-5-13(17)10-18(12-15)16(19)9-14-6-4-8-21-14/h3-8,15H,2,9-12H2,1H3. The lowest BCUT2D eigenvalue weighted by Crippen LogP contribution is -2.38. The lowest BCUT2D eigenvalue weighted by atomic mass is 10.2. The monoisotopic (exact) mass is 288 g/mol. The maximum atomic E-state index is 12.5. The third-order valence-corrected chi connectivity index (χ3v) is 3.76. The molecule has 2 aromatic heterocycles. The zero-order valence-electron chi connectivity index (χ0n) is 12.2. The second kappa shape index (κ2) is 6.18. The van der Waals surface area contributed by atoms with E-state index in [0.717, 1.165) is 12.2 Å². The molecule has 0 spiro atoms. The van der Waals surface area contributed by atoms with Crippen LogP contribution in [-0.4, -0.2) is 34.6 Å². The van der Waals surface area contributed by atoms with Crippen molar-refractivity contribution in [3.63, 3.8) is 0 Å². The van der Waals surface area contributed by atoms with Crippen LogP contribution in [0.4, 0.5) is 0 Å². The number of carbonyl (C=O) groups is 1. The third-order valence-electron chi connectivity index (χ3n) is 3.76. The van der Waals surface area contributed by atoms with Gasteiger partial charge in [-0.05, 0) is 31.2 Å². The van der Waals surface area contributed by atoms with E-state index in [9.17, 15) is 4.79 Å². The molecule has 0 bridgehead atoms. The lowest BCUT2D eigenvalue weighted by molar-refractivity contribution is -0.133. The fraction of sp³-hybridized carbons (Fsp3) is 0.438. The molecule has 5 heteroatoms. The van der Waals surface area contributed by atoms with Crippen LogP contribution in [0.3, 0.4) is 0 Å². The van der Waals surface area contributed by atoms with Crippen molar-refractivity contribution >= 4 is 5.91 Å². The summed E-state index contributed by atoms with van der Waals surface area (Å²) >= 11 is 0. The number of amides is 1. The fourth-order valence-electron chi connectivity index (χ4n) is 2.76. The Kier molecular flexibility index (Phi) is 4.10. The molecule has 112 valence electrons. The third kappa shape index (κ3) is 3.19. The molecular formula is C16H20N2O3. The Balaban J connectivity index is 1.75. The van der Waals surface area contributed by atoms with Gasteiger partial charge in [-0.3, -0.25) is 4.79 Å². The van der Waals surface area contributed by atoms with Crippen molar-refractivity contribution in [2.45, 2.75) is 32.5 Å². The molecule has 0 saturated heterocycles. The van der Waals surface area contributed by atoms with Crippen LogP contribution in [0.25, 0.3) is 0 Å². The molecule has 21 heavy (non-hydrogen) atoms. The number of carbonyl (C=O) groups excluding carboxylic acids is 1. The highest BCUT2D eigenvalue weighted by Crippen LogP contribution is 2.16. The van der Waals surface area contributed by atoms with E-state index >= 15 is 0 Å². The Bertz CT molecular complexity index is 588. The van der Waals surface area contributed by atoms with Crippen molar-refractivity contribution in [2.75, 3.05) is 13.2 Å². The predicted molar refractivity (Wildman–Crippen MR) is 77.7 cm³/mol. The van der Waals surface area contributed by atoms with Crippen molar-refractivity contribution in [2.24, 2.45) is 0 Å². The number of hydrogen-bond donors (Lipinski definition) is 0. The smallest absolute Gasteiger partial charge is 0.230 e. The molecule has 1 unspecified atom stereocenters. The molecule has 2 aromatic rings. The van der Waals surface area contributed by atoms with Crippen LogP contribution in [0.5, 0.6) is 0 Å². The van der Waals surface area contributed by atoms with Crippen molar-refractivity contribution in [3.8, 4) is 0 Å². The van der Waals surface area contributed by atoms with Crippen molar-refractivity contribution < 1.29 is 13.9 Å². The fourth-order valence-corrected chi connectivity index (χ4v) is 2.76. The minimum absolute atomic E-state index is 0.0317. The molecule has 0 aromatic carbocycles. The number of furan rings is 1. The summed E-state index contributed by atoms with van der Waals surface area (Å²) in [5.41, 5.74) is 1.14. The van der Waals surface area contributed by atoms with Gasteiger partial charge in [-0.25, -0.2) is 0 Å². The minimum atomic E-state index is 0.0317. The second-order valence-corrected chi connectivity index (χ2v) is 5.26. The van der Waals surface area contributed by atoms with Crippen LogP contribution < -0.4 is 0 Å². The largest absolute Gasteiger partial charge is 0.469 e. The number of hydrogen-bond acceptors (Lipinski definition) is 3. The summed E-state index contributed by atoms with van der Waals surface area (Å²) in [5.74, 6) is 0.775. The van der Waals surface area contributed by atoms with E-state index in [0.29, 0.717) is 31.9 Å². The van der Waals surface area contributed by atoms with E-state index in [1.54, 1.807) is 12.3 Å². The van der Waals surface area contributed by atoms with Crippen molar-refractivity contribution in [1.29, 1.82) is 0 Å². The van der Waals surface area contributed by atoms with Crippen LogP contribution >= 0.6 is 0 Å². The van der Waals surface area contributed by atoms with Gasteiger partial charge < -0.3 is 18.6 Å². The van der Waals surface area contributed by atoms with E-state index < -0.39 is 0 Å². The van der Waals surface area contributed by atoms with E-state index in [2.05, 4.69) is 10.6 Å². The van der Waals surface area contributed by atoms with Gasteiger partial charge in [0, 0.05) is 25.0 Å². The highest BCUT2D eigenvalue weighted by molar-refractivity contribution is 5.78. The van der Waals surface area contributed by atoms with E-state index in [4.69, 9.17) is 9.15 Å². The highest BCUT2D eigenvalue weighted by Gasteiger charge is 2.25. The molecule has 0 fully saturated rings. The van der Waals surface area contributed by atoms with Gasteiger partial charge in [-0.1, -0.05) is 0 Å². The number of nitrogens with zero attached hydrogens (tertiary/aromatic N) is 2. The Morgan fingerprint density at radius 1 is 1.38 bits per heavy atom. The number of aromatic nitrogens is 1. The summed E-state index contributed by atoms with van der Waals surface area (Å²) < 4.78 is 13.2. The van der Waals surface area contributed by atoms with E-state index in [1.807, 2.05) is 30.2 Å². The van der Waals surface area contributed by atoms with Gasteiger partial charge in [-0.15, -0.1) is 0 Å². The molecule has 5 nitrogen and oxygen atoms in total. The first-order valence-corrected chi connectivity index (χ1v) is 7.32. The van der Waals surface area contributed by atoms with Gasteiger partial charge >= 0.3 is 0 Å². The molecular weight excluding hydrogens is 268 g/mol. The predicted octanol–water partition coefficient (Wildman–Crippen LogP) is 2.07. The quantitative estimate of drug-likeness (QED) is 0.865. The summed E-state index contributed by atoms with van der Waals surface area (Å²) in [7, 11) is 0. The summed E-state index contributed by atoms with van der Waals surface area (Å²) in [4.78, 5) is 14.4. The molecule has 3 rings (SSSR count). The first-order valence-electron chi connectivity index (χ1n) is 7.32. The molecule has 1 aliphatic rings. The average Bonchev–Trinajstić information content (AvgIpc) is 3.08. The molecule has 1 aliphatic heterocycles.